The molecule has 4 rings (SSSR count). The summed E-state index contributed by atoms with van der Waals surface area (Å²) in [7, 11) is 0. The largest absolute Gasteiger partial charge is 0.507 e. The van der Waals surface area contributed by atoms with Gasteiger partial charge in [-0.3, -0.25) is 4.79 Å². The maximum Gasteiger partial charge on any atom is 0.347 e. The second-order valence-electron chi connectivity index (χ2n) is 6.30. The van der Waals surface area contributed by atoms with Crippen LogP contribution in [0.1, 0.15) is 28.4 Å². The van der Waals surface area contributed by atoms with E-state index in [0.29, 0.717) is 33.9 Å². The van der Waals surface area contributed by atoms with E-state index in [2.05, 4.69) is 0 Å². The Labute approximate surface area is 154 Å². The van der Waals surface area contributed by atoms with Crippen LogP contribution in [0.3, 0.4) is 0 Å². The van der Waals surface area contributed by atoms with Gasteiger partial charge in [0, 0.05) is 16.3 Å². The van der Waals surface area contributed by atoms with Crippen LogP contribution in [0.15, 0.2) is 63.8 Å². The molecule has 0 unspecified atom stereocenters. The van der Waals surface area contributed by atoms with Crippen molar-refractivity contribution < 1.29 is 19.4 Å². The molecule has 5 heteroatoms. The lowest BCUT2D eigenvalue weighted by Gasteiger charge is -2.09. The van der Waals surface area contributed by atoms with Crippen molar-refractivity contribution in [2.75, 3.05) is 0 Å². The van der Waals surface area contributed by atoms with E-state index in [9.17, 15) is 19.8 Å². The monoisotopic (exact) mass is 360 g/mol. The number of hydrogen-bond acceptors (Lipinski definition) is 5. The Morgan fingerprint density at radius 2 is 1.78 bits per heavy atom. The van der Waals surface area contributed by atoms with E-state index < -0.39 is 5.63 Å². The summed E-state index contributed by atoms with van der Waals surface area (Å²) >= 11 is 0. The van der Waals surface area contributed by atoms with E-state index in [-0.39, 0.29) is 28.2 Å². The summed E-state index contributed by atoms with van der Waals surface area (Å²) in [6.07, 6.45) is 0.574. The highest BCUT2D eigenvalue weighted by atomic mass is 16.4. The first-order valence-corrected chi connectivity index (χ1v) is 8.55. The minimum absolute atomic E-state index is 0.0944. The van der Waals surface area contributed by atoms with Gasteiger partial charge in [-0.25, -0.2) is 4.79 Å². The Kier molecular flexibility index (Phi) is 3.92. The lowest BCUT2D eigenvalue weighted by atomic mass is 9.98. The Hall–Kier alpha value is -3.60. The van der Waals surface area contributed by atoms with Crippen LogP contribution in [0.4, 0.5) is 0 Å². The van der Waals surface area contributed by atoms with Crippen molar-refractivity contribution in [2.45, 2.75) is 13.3 Å². The summed E-state index contributed by atoms with van der Waals surface area (Å²) in [5.74, 6) is -0.538. The molecule has 134 valence electrons. The second kappa shape index (κ2) is 6.29. The fourth-order valence-electron chi connectivity index (χ4n) is 3.29. The van der Waals surface area contributed by atoms with Crippen molar-refractivity contribution in [2.24, 2.45) is 0 Å². The van der Waals surface area contributed by atoms with Crippen LogP contribution in [-0.4, -0.2) is 16.0 Å². The smallest absolute Gasteiger partial charge is 0.347 e. The fraction of sp³-hybridized carbons (Fsp3) is 0.0909. The molecule has 5 nitrogen and oxygen atoms in total. The van der Waals surface area contributed by atoms with Crippen LogP contribution < -0.4 is 5.63 Å². The molecule has 2 N–H and O–H groups in total. The highest BCUT2D eigenvalue weighted by Crippen LogP contribution is 2.32. The molecule has 0 saturated carbocycles. The van der Waals surface area contributed by atoms with E-state index >= 15 is 0 Å². The molecule has 0 fully saturated rings. The van der Waals surface area contributed by atoms with Crippen molar-refractivity contribution in [1.29, 1.82) is 0 Å². The first-order chi connectivity index (χ1) is 13.0. The number of para-hydroxylation sites is 1. The second-order valence-corrected chi connectivity index (χ2v) is 6.30. The van der Waals surface area contributed by atoms with Gasteiger partial charge in [0.1, 0.15) is 22.5 Å². The van der Waals surface area contributed by atoms with Gasteiger partial charge < -0.3 is 14.6 Å². The Morgan fingerprint density at radius 1 is 1.00 bits per heavy atom. The van der Waals surface area contributed by atoms with Gasteiger partial charge in [0.05, 0.1) is 5.56 Å². The first-order valence-electron chi connectivity index (χ1n) is 8.55. The van der Waals surface area contributed by atoms with Crippen LogP contribution in [0.25, 0.3) is 21.7 Å². The van der Waals surface area contributed by atoms with Gasteiger partial charge in [0.25, 0.3) is 0 Å². The zero-order chi connectivity index (χ0) is 19.1. The molecular formula is C22H16O5. The average Bonchev–Trinajstić information content (AvgIpc) is 2.67. The highest BCUT2D eigenvalue weighted by Gasteiger charge is 2.17. The number of phenolic OH excluding ortho intramolecular Hbond substituents is 2. The molecule has 0 amide bonds. The van der Waals surface area contributed by atoms with Gasteiger partial charge in [-0.2, -0.15) is 0 Å². The number of benzene rings is 3. The van der Waals surface area contributed by atoms with Crippen LogP contribution in [0.5, 0.6) is 11.5 Å². The van der Waals surface area contributed by atoms with E-state index in [1.54, 1.807) is 48.5 Å². The van der Waals surface area contributed by atoms with Crippen molar-refractivity contribution in [3.05, 3.63) is 81.7 Å². The van der Waals surface area contributed by atoms with E-state index in [0.717, 1.165) is 0 Å². The SMILES string of the molecule is CCc1ccc2c(c1O)c(=O)oc1ccc(C(=O)c3ccccc3O)cc12. The zero-order valence-electron chi connectivity index (χ0n) is 14.5. The van der Waals surface area contributed by atoms with Crippen LogP contribution in [-0.2, 0) is 6.42 Å². The maximum absolute atomic E-state index is 12.8. The fourth-order valence-corrected chi connectivity index (χ4v) is 3.29. The average molecular weight is 360 g/mol. The normalized spacial score (nSPS) is 11.1. The number of rotatable bonds is 3. The summed E-state index contributed by atoms with van der Waals surface area (Å²) in [5, 5.41) is 21.5. The lowest BCUT2D eigenvalue weighted by Crippen LogP contribution is -2.04. The van der Waals surface area contributed by atoms with Gasteiger partial charge in [-0.1, -0.05) is 31.2 Å². The van der Waals surface area contributed by atoms with Crippen LogP contribution in [0.2, 0.25) is 0 Å². The minimum atomic E-state index is -0.620. The molecule has 1 aromatic heterocycles. The quantitative estimate of drug-likeness (QED) is 0.325. The number of aryl methyl sites for hydroxylation is 1. The standard InChI is InChI=1S/C22H16O5/c1-2-12-7-9-14-16-11-13(20(24)15-5-3-4-6-17(15)23)8-10-18(16)27-22(26)19(14)21(12)25/h3-11,23,25H,2H2,1H3. The minimum Gasteiger partial charge on any atom is -0.507 e. The maximum atomic E-state index is 12.8. The van der Waals surface area contributed by atoms with Gasteiger partial charge in [-0.15, -0.1) is 0 Å². The molecule has 0 aliphatic carbocycles. The Balaban J connectivity index is 1.99. The molecule has 0 spiro atoms. The summed E-state index contributed by atoms with van der Waals surface area (Å²) < 4.78 is 5.34. The molecule has 0 aliphatic heterocycles. The van der Waals surface area contributed by atoms with Crippen molar-refractivity contribution >= 4 is 27.5 Å². The van der Waals surface area contributed by atoms with Crippen LogP contribution in [0, 0.1) is 0 Å². The number of aromatic hydroxyl groups is 2. The molecule has 0 saturated heterocycles. The van der Waals surface area contributed by atoms with Gasteiger partial charge in [0.15, 0.2) is 5.78 Å². The number of ketones is 1. The Bertz CT molecular complexity index is 1270. The molecule has 0 atom stereocenters. The molecule has 4 aromatic rings. The summed E-state index contributed by atoms with van der Waals surface area (Å²) in [4.78, 5) is 25.1. The predicted octanol–water partition coefficient (Wildman–Crippen LogP) is 4.15. The van der Waals surface area contributed by atoms with E-state index in [1.165, 1.54) is 6.07 Å². The number of carbonyl (C=O) groups is 1. The highest BCUT2D eigenvalue weighted by molar-refractivity contribution is 6.14. The lowest BCUT2D eigenvalue weighted by molar-refractivity contribution is 0.103. The number of carbonyl (C=O) groups excluding carboxylic acids is 1. The van der Waals surface area contributed by atoms with Crippen molar-refractivity contribution in [3.8, 4) is 11.5 Å². The molecule has 27 heavy (non-hydrogen) atoms. The molecule has 0 radical (unpaired) electrons. The first kappa shape index (κ1) is 16.8. The summed E-state index contributed by atoms with van der Waals surface area (Å²) in [6.45, 7) is 1.88. The van der Waals surface area contributed by atoms with Gasteiger partial charge in [0.2, 0.25) is 0 Å². The third-order valence-corrected chi connectivity index (χ3v) is 4.73. The molecule has 0 bridgehead atoms. The topological polar surface area (TPSA) is 87.7 Å². The third kappa shape index (κ3) is 2.64. The summed E-state index contributed by atoms with van der Waals surface area (Å²) in [6, 6.07) is 14.5. The number of fused-ring (bicyclic) bond motifs is 3. The number of hydrogen-bond donors (Lipinski definition) is 2. The zero-order valence-corrected chi connectivity index (χ0v) is 14.5. The molecule has 0 aliphatic rings. The van der Waals surface area contributed by atoms with Gasteiger partial charge in [-0.05, 0) is 42.3 Å². The number of phenols is 2. The molecular weight excluding hydrogens is 344 g/mol. The van der Waals surface area contributed by atoms with Gasteiger partial charge >= 0.3 is 5.63 Å². The van der Waals surface area contributed by atoms with E-state index in [1.807, 2.05) is 6.92 Å². The Morgan fingerprint density at radius 3 is 2.52 bits per heavy atom. The summed E-state index contributed by atoms with van der Waals surface area (Å²) in [5.41, 5.74) is 0.888. The van der Waals surface area contributed by atoms with E-state index in [4.69, 9.17) is 4.42 Å². The third-order valence-electron chi connectivity index (χ3n) is 4.73. The molecule has 1 heterocycles. The van der Waals surface area contributed by atoms with Crippen LogP contribution >= 0.6 is 0 Å². The predicted molar refractivity (Wildman–Crippen MR) is 103 cm³/mol. The van der Waals surface area contributed by atoms with Crippen molar-refractivity contribution in [3.63, 3.8) is 0 Å². The van der Waals surface area contributed by atoms with Crippen molar-refractivity contribution in [1.82, 2.24) is 0 Å². The molecule has 3 aromatic carbocycles.